The third-order valence-electron chi connectivity index (χ3n) is 6.28. The number of fused-ring (bicyclic) bond motifs is 1. The van der Waals surface area contributed by atoms with Gasteiger partial charge in [-0.3, -0.25) is 14.4 Å². The van der Waals surface area contributed by atoms with Crippen molar-refractivity contribution >= 4 is 45.8 Å². The van der Waals surface area contributed by atoms with Crippen molar-refractivity contribution in [2.45, 2.75) is 31.8 Å². The Morgan fingerprint density at radius 1 is 1.06 bits per heavy atom. The molecule has 4 aromatic rings. The summed E-state index contributed by atoms with van der Waals surface area (Å²) in [4.78, 5) is 47.6. The Bertz CT molecular complexity index is 1360. The summed E-state index contributed by atoms with van der Waals surface area (Å²) in [5.41, 5.74) is 2.69. The summed E-state index contributed by atoms with van der Waals surface area (Å²) < 4.78 is 5.81. The van der Waals surface area contributed by atoms with Gasteiger partial charge in [0.2, 0.25) is 17.7 Å². The maximum Gasteiger partial charge on any atom is 0.257 e. The van der Waals surface area contributed by atoms with E-state index in [1.54, 1.807) is 40.5 Å². The van der Waals surface area contributed by atoms with Gasteiger partial charge in [-0.1, -0.05) is 18.2 Å². The number of anilines is 1. The highest BCUT2D eigenvalue weighted by Gasteiger charge is 2.47. The summed E-state index contributed by atoms with van der Waals surface area (Å²) in [7, 11) is 0. The topological polar surface area (TPSA) is 83.7 Å². The molecule has 2 fully saturated rings. The van der Waals surface area contributed by atoms with E-state index in [9.17, 15) is 14.4 Å². The van der Waals surface area contributed by atoms with Crippen LogP contribution in [0, 0.1) is 5.92 Å². The third kappa shape index (κ3) is 3.70. The van der Waals surface area contributed by atoms with Gasteiger partial charge in [0.25, 0.3) is 5.91 Å². The van der Waals surface area contributed by atoms with Gasteiger partial charge in [0.05, 0.1) is 18.7 Å². The summed E-state index contributed by atoms with van der Waals surface area (Å²) >= 11 is 1.54. The molecule has 170 valence electrons. The summed E-state index contributed by atoms with van der Waals surface area (Å²) in [5.74, 6) is -0.253. The number of amides is 3. The Morgan fingerprint density at radius 3 is 2.56 bits per heavy atom. The van der Waals surface area contributed by atoms with Gasteiger partial charge < -0.3 is 9.32 Å². The molecule has 3 amide bonds. The Labute approximate surface area is 199 Å². The average molecular weight is 472 g/mol. The zero-order valence-electron chi connectivity index (χ0n) is 18.2. The van der Waals surface area contributed by atoms with Crippen LogP contribution in [-0.2, 0) is 20.9 Å². The monoisotopic (exact) mass is 471 g/mol. The first-order valence-electron chi connectivity index (χ1n) is 11.2. The molecule has 1 unspecified atom stereocenters. The molecule has 1 atom stereocenters. The summed E-state index contributed by atoms with van der Waals surface area (Å²) in [6.07, 6.45) is 1.68. The van der Waals surface area contributed by atoms with Gasteiger partial charge in [-0.25, -0.2) is 9.88 Å². The fourth-order valence-corrected chi connectivity index (χ4v) is 5.06. The van der Waals surface area contributed by atoms with E-state index in [4.69, 9.17) is 4.42 Å². The number of rotatable bonds is 6. The molecule has 1 aliphatic carbocycles. The molecule has 0 N–H and O–H groups in total. The molecule has 1 aliphatic heterocycles. The quantitative estimate of drug-likeness (QED) is 0.383. The highest BCUT2D eigenvalue weighted by Crippen LogP contribution is 2.35. The molecule has 0 radical (unpaired) electrons. The van der Waals surface area contributed by atoms with Crippen LogP contribution < -0.4 is 4.90 Å². The Balaban J connectivity index is 1.25. The molecule has 2 aromatic carbocycles. The van der Waals surface area contributed by atoms with Crippen LogP contribution in [0.25, 0.3) is 22.6 Å². The third-order valence-corrected chi connectivity index (χ3v) is 7.14. The standard InChI is InChI=1S/C26H21N3O4S/c30-23-14-21(28(25(31)17-7-8-17)15-19-4-3-13-34-19)26(32)29(23)18-11-9-16(10-12-18)24-27-20-5-1-2-6-22(20)33-24/h1-6,9-13,17,21H,7-8,14-15H2. The molecular weight excluding hydrogens is 450 g/mol. The SMILES string of the molecule is O=C1CC(N(Cc2cccs2)C(=O)C2CC2)C(=O)N1c1ccc(-c2nc3ccccc3o2)cc1. The summed E-state index contributed by atoms with van der Waals surface area (Å²) in [6.45, 7) is 0.348. The van der Waals surface area contributed by atoms with Crippen molar-refractivity contribution in [3.05, 3.63) is 70.9 Å². The van der Waals surface area contributed by atoms with Crippen molar-refractivity contribution in [1.29, 1.82) is 0 Å². The van der Waals surface area contributed by atoms with Crippen molar-refractivity contribution in [1.82, 2.24) is 9.88 Å². The van der Waals surface area contributed by atoms with E-state index in [1.165, 1.54) is 4.90 Å². The van der Waals surface area contributed by atoms with Gasteiger partial charge in [0, 0.05) is 16.4 Å². The number of oxazole rings is 1. The van der Waals surface area contributed by atoms with Crippen LogP contribution in [-0.4, -0.2) is 33.6 Å². The second kappa shape index (κ2) is 8.22. The molecule has 8 heteroatoms. The first kappa shape index (κ1) is 20.8. The van der Waals surface area contributed by atoms with Crippen LogP contribution in [0.2, 0.25) is 0 Å². The van der Waals surface area contributed by atoms with Crippen molar-refractivity contribution in [2.75, 3.05) is 4.90 Å². The first-order valence-corrected chi connectivity index (χ1v) is 12.1. The summed E-state index contributed by atoms with van der Waals surface area (Å²) in [6, 6.07) is 17.6. The van der Waals surface area contributed by atoms with Gasteiger partial charge in [-0.15, -0.1) is 11.3 Å². The Kier molecular flexibility index (Phi) is 5.03. The Hall–Kier alpha value is -3.78. The molecule has 0 spiro atoms. The van der Waals surface area contributed by atoms with Crippen LogP contribution in [0.5, 0.6) is 0 Å². The van der Waals surface area contributed by atoms with Crippen molar-refractivity contribution in [2.24, 2.45) is 5.92 Å². The number of nitrogens with zero attached hydrogens (tertiary/aromatic N) is 3. The molecule has 2 aromatic heterocycles. The van der Waals surface area contributed by atoms with Crippen LogP contribution in [0.1, 0.15) is 24.1 Å². The number of carbonyl (C=O) groups excluding carboxylic acids is 3. The van der Waals surface area contributed by atoms with Crippen molar-refractivity contribution in [3.8, 4) is 11.5 Å². The van der Waals surface area contributed by atoms with E-state index in [0.717, 1.165) is 28.8 Å². The minimum atomic E-state index is -0.778. The van der Waals surface area contributed by atoms with Gasteiger partial charge in [-0.2, -0.15) is 0 Å². The summed E-state index contributed by atoms with van der Waals surface area (Å²) in [5, 5.41) is 1.95. The minimum absolute atomic E-state index is 0.00442. The van der Waals surface area contributed by atoms with Gasteiger partial charge >= 0.3 is 0 Å². The van der Waals surface area contributed by atoms with E-state index in [0.29, 0.717) is 23.7 Å². The Morgan fingerprint density at radius 2 is 1.85 bits per heavy atom. The maximum absolute atomic E-state index is 13.4. The van der Waals surface area contributed by atoms with Gasteiger partial charge in [-0.05, 0) is 60.7 Å². The predicted octanol–water partition coefficient (Wildman–Crippen LogP) is 4.63. The zero-order valence-corrected chi connectivity index (χ0v) is 19.0. The molecule has 0 bridgehead atoms. The number of hydrogen-bond donors (Lipinski definition) is 0. The lowest BCUT2D eigenvalue weighted by atomic mass is 10.1. The van der Waals surface area contributed by atoms with E-state index in [1.807, 2.05) is 41.8 Å². The number of imide groups is 1. The van der Waals surface area contributed by atoms with E-state index >= 15 is 0 Å². The normalized spacial score (nSPS) is 18.1. The fourth-order valence-electron chi connectivity index (χ4n) is 4.36. The lowest BCUT2D eigenvalue weighted by Crippen LogP contribution is -2.45. The van der Waals surface area contributed by atoms with E-state index in [2.05, 4.69) is 4.98 Å². The molecule has 34 heavy (non-hydrogen) atoms. The fraction of sp³-hybridized carbons (Fsp3) is 0.231. The maximum atomic E-state index is 13.4. The molecule has 3 heterocycles. The molecule has 6 rings (SSSR count). The molecule has 1 saturated heterocycles. The molecule has 1 saturated carbocycles. The number of carbonyl (C=O) groups is 3. The minimum Gasteiger partial charge on any atom is -0.436 e. The highest BCUT2D eigenvalue weighted by molar-refractivity contribution is 7.09. The number of aromatic nitrogens is 1. The van der Waals surface area contributed by atoms with Crippen LogP contribution in [0.4, 0.5) is 5.69 Å². The molecular formula is C26H21N3O4S. The smallest absolute Gasteiger partial charge is 0.257 e. The second-order valence-corrected chi connectivity index (χ2v) is 9.67. The first-order chi connectivity index (χ1) is 16.6. The predicted molar refractivity (Wildman–Crippen MR) is 128 cm³/mol. The van der Waals surface area contributed by atoms with E-state index < -0.39 is 6.04 Å². The largest absolute Gasteiger partial charge is 0.436 e. The number of hydrogen-bond acceptors (Lipinski definition) is 6. The number of thiophene rings is 1. The lowest BCUT2D eigenvalue weighted by Gasteiger charge is -2.27. The highest BCUT2D eigenvalue weighted by atomic mass is 32.1. The van der Waals surface area contributed by atoms with E-state index in [-0.39, 0.29) is 30.1 Å². The number of para-hydroxylation sites is 2. The van der Waals surface area contributed by atoms with Crippen molar-refractivity contribution < 1.29 is 18.8 Å². The van der Waals surface area contributed by atoms with Crippen LogP contribution >= 0.6 is 11.3 Å². The average Bonchev–Trinajstić information content (AvgIpc) is 3.27. The molecule has 2 aliphatic rings. The number of benzene rings is 2. The molecule has 7 nitrogen and oxygen atoms in total. The van der Waals surface area contributed by atoms with Crippen molar-refractivity contribution in [3.63, 3.8) is 0 Å². The van der Waals surface area contributed by atoms with Gasteiger partial charge in [0.1, 0.15) is 11.6 Å². The zero-order chi connectivity index (χ0) is 23.2. The van der Waals surface area contributed by atoms with Crippen LogP contribution in [0.15, 0.2) is 70.5 Å². The van der Waals surface area contributed by atoms with Crippen LogP contribution in [0.3, 0.4) is 0 Å². The lowest BCUT2D eigenvalue weighted by molar-refractivity contribution is -0.140. The second-order valence-electron chi connectivity index (χ2n) is 8.64. The van der Waals surface area contributed by atoms with Gasteiger partial charge in [0.15, 0.2) is 5.58 Å².